The minimum atomic E-state index is -4.09. The minimum absolute atomic E-state index is 0.0203. The van der Waals surface area contributed by atoms with Crippen molar-refractivity contribution in [3.8, 4) is 16.2 Å². The van der Waals surface area contributed by atoms with E-state index < -0.39 is 15.0 Å². The molecule has 0 saturated heterocycles. The fraction of sp³-hybridized carbons (Fsp3) is 0. The van der Waals surface area contributed by atoms with Gasteiger partial charge in [-0.2, -0.15) is 8.42 Å². The van der Waals surface area contributed by atoms with E-state index in [4.69, 9.17) is 4.18 Å². The molecule has 0 aliphatic heterocycles. The molecule has 0 bridgehead atoms. The molecule has 0 fully saturated rings. The Morgan fingerprint density at radius 3 is 2.62 bits per heavy atom. The quantitative estimate of drug-likeness (QED) is 0.391. The van der Waals surface area contributed by atoms with Crippen molar-refractivity contribution in [2.75, 3.05) is 0 Å². The number of nitro benzene ring substituents is 1. The van der Waals surface area contributed by atoms with Crippen LogP contribution in [0.2, 0.25) is 0 Å². The number of nitrogens with zero attached hydrogens (tertiary/aromatic N) is 2. The molecule has 0 aliphatic rings. The van der Waals surface area contributed by atoms with E-state index in [0.717, 1.165) is 0 Å². The lowest BCUT2D eigenvalue weighted by Gasteiger charge is -2.10. The summed E-state index contributed by atoms with van der Waals surface area (Å²) in [6, 6.07) is 10.1. The second kappa shape index (κ2) is 6.38. The van der Waals surface area contributed by atoms with Crippen molar-refractivity contribution in [3.05, 3.63) is 70.4 Å². The van der Waals surface area contributed by atoms with Gasteiger partial charge in [0.05, 0.1) is 4.92 Å². The smallest absolute Gasteiger partial charge is 0.340 e. The topological polar surface area (TPSA) is 99.4 Å². The fourth-order valence-corrected chi connectivity index (χ4v) is 3.65. The zero-order chi connectivity index (χ0) is 17.2. The maximum absolute atomic E-state index is 12.3. The third kappa shape index (κ3) is 3.26. The lowest BCUT2D eigenvalue weighted by atomic mass is 10.1. The summed E-state index contributed by atoms with van der Waals surface area (Å²) in [6.45, 7) is 0. The van der Waals surface area contributed by atoms with E-state index in [1.165, 1.54) is 54.1 Å². The predicted molar refractivity (Wildman–Crippen MR) is 88.5 cm³/mol. The lowest BCUT2D eigenvalue weighted by molar-refractivity contribution is -0.384. The first-order valence-corrected chi connectivity index (χ1v) is 8.93. The Hall–Kier alpha value is -2.78. The molecule has 9 heteroatoms. The van der Waals surface area contributed by atoms with Gasteiger partial charge in [-0.05, 0) is 29.6 Å². The van der Waals surface area contributed by atoms with Crippen LogP contribution >= 0.6 is 11.3 Å². The van der Waals surface area contributed by atoms with E-state index in [-0.39, 0.29) is 16.3 Å². The first-order valence-electron chi connectivity index (χ1n) is 6.64. The number of hydrogen-bond donors (Lipinski definition) is 0. The third-order valence-electron chi connectivity index (χ3n) is 3.08. The highest BCUT2D eigenvalue weighted by Crippen LogP contribution is 2.37. The molecule has 2 heterocycles. The molecular weight excluding hydrogens is 352 g/mol. The van der Waals surface area contributed by atoms with Crippen molar-refractivity contribution >= 4 is 27.1 Å². The number of rotatable bonds is 5. The van der Waals surface area contributed by atoms with Crippen molar-refractivity contribution in [2.24, 2.45) is 0 Å². The van der Waals surface area contributed by atoms with Crippen LogP contribution in [0, 0.1) is 10.1 Å². The molecule has 3 rings (SSSR count). The van der Waals surface area contributed by atoms with Gasteiger partial charge >= 0.3 is 10.1 Å². The van der Waals surface area contributed by atoms with E-state index in [9.17, 15) is 18.5 Å². The first-order chi connectivity index (χ1) is 11.5. The molecule has 0 amide bonds. The summed E-state index contributed by atoms with van der Waals surface area (Å²) in [5, 5.41) is 12.8. The second-order valence-corrected chi connectivity index (χ2v) is 7.14. The van der Waals surface area contributed by atoms with Gasteiger partial charge in [0, 0.05) is 35.0 Å². The summed E-state index contributed by atoms with van der Waals surface area (Å²) in [7, 11) is -4.09. The average Bonchev–Trinajstić information content (AvgIpc) is 3.10. The highest BCUT2D eigenvalue weighted by molar-refractivity contribution is 7.87. The van der Waals surface area contributed by atoms with Crippen molar-refractivity contribution in [3.63, 3.8) is 0 Å². The van der Waals surface area contributed by atoms with Crippen LogP contribution in [-0.2, 0) is 10.1 Å². The molecule has 0 aliphatic carbocycles. The number of nitro groups is 1. The van der Waals surface area contributed by atoms with E-state index in [1.807, 2.05) is 0 Å². The first kappa shape index (κ1) is 16.1. The highest BCUT2D eigenvalue weighted by atomic mass is 32.2. The number of aromatic nitrogens is 1. The largest absolute Gasteiger partial charge is 0.378 e. The van der Waals surface area contributed by atoms with Crippen molar-refractivity contribution in [2.45, 2.75) is 4.90 Å². The van der Waals surface area contributed by atoms with Crippen LogP contribution in [0.15, 0.2) is 65.1 Å². The van der Waals surface area contributed by atoms with Crippen molar-refractivity contribution < 1.29 is 17.5 Å². The van der Waals surface area contributed by atoms with Crippen LogP contribution in [0.5, 0.6) is 5.75 Å². The zero-order valence-corrected chi connectivity index (χ0v) is 13.7. The molecule has 0 radical (unpaired) electrons. The fourth-order valence-electron chi connectivity index (χ4n) is 1.99. The molecule has 24 heavy (non-hydrogen) atoms. The molecule has 0 spiro atoms. The van der Waals surface area contributed by atoms with Gasteiger partial charge in [0.1, 0.15) is 4.90 Å². The van der Waals surface area contributed by atoms with Gasteiger partial charge < -0.3 is 4.18 Å². The lowest BCUT2D eigenvalue weighted by Crippen LogP contribution is -2.10. The predicted octanol–water partition coefficient (Wildman–Crippen LogP) is 3.49. The van der Waals surface area contributed by atoms with Crippen LogP contribution in [0.1, 0.15) is 0 Å². The Morgan fingerprint density at radius 2 is 2.00 bits per heavy atom. The Balaban J connectivity index is 2.07. The monoisotopic (exact) mass is 362 g/mol. The van der Waals surface area contributed by atoms with Gasteiger partial charge in [0.2, 0.25) is 0 Å². The summed E-state index contributed by atoms with van der Waals surface area (Å²) in [6.07, 6.45) is 2.62. The molecule has 1 aromatic carbocycles. The van der Waals surface area contributed by atoms with E-state index in [1.54, 1.807) is 17.5 Å². The van der Waals surface area contributed by atoms with E-state index in [0.29, 0.717) is 10.4 Å². The van der Waals surface area contributed by atoms with Crippen LogP contribution < -0.4 is 4.18 Å². The van der Waals surface area contributed by atoms with Crippen LogP contribution in [0.3, 0.4) is 0 Å². The molecule has 2 aromatic heterocycles. The SMILES string of the molecule is O=[N+]([O-])c1ccc(OS(=O)(=O)c2cccnc2)c(-c2cccs2)c1. The van der Waals surface area contributed by atoms with Gasteiger partial charge in [-0.25, -0.2) is 0 Å². The molecule has 7 nitrogen and oxygen atoms in total. The number of non-ortho nitro benzene ring substituents is 1. The Kier molecular flexibility index (Phi) is 4.28. The summed E-state index contributed by atoms with van der Waals surface area (Å²) >= 11 is 1.32. The molecule has 0 saturated carbocycles. The molecular formula is C15H10N2O5S2. The summed E-state index contributed by atoms with van der Waals surface area (Å²) in [5.74, 6) is 0.0203. The molecule has 122 valence electrons. The van der Waals surface area contributed by atoms with Crippen LogP contribution in [0.25, 0.3) is 10.4 Å². The van der Waals surface area contributed by atoms with E-state index in [2.05, 4.69) is 4.98 Å². The van der Waals surface area contributed by atoms with Gasteiger partial charge in [-0.3, -0.25) is 15.1 Å². The van der Waals surface area contributed by atoms with Gasteiger partial charge in [-0.1, -0.05) is 6.07 Å². The second-order valence-electron chi connectivity index (χ2n) is 4.64. The summed E-state index contributed by atoms with van der Waals surface area (Å²) in [4.78, 5) is 14.8. The standard InChI is InChI=1S/C15H10N2O5S2/c18-17(19)11-5-6-14(13(9-11)15-4-2-8-23-15)22-24(20,21)12-3-1-7-16-10-12/h1-10H. The van der Waals surface area contributed by atoms with Gasteiger partial charge in [-0.15, -0.1) is 11.3 Å². The van der Waals surface area contributed by atoms with Gasteiger partial charge in [0.25, 0.3) is 5.69 Å². The Bertz CT molecular complexity index is 970. The highest BCUT2D eigenvalue weighted by Gasteiger charge is 2.21. The van der Waals surface area contributed by atoms with Crippen LogP contribution in [0.4, 0.5) is 5.69 Å². The zero-order valence-electron chi connectivity index (χ0n) is 12.0. The number of pyridine rings is 1. The summed E-state index contributed by atoms with van der Waals surface area (Å²) < 4.78 is 29.9. The maximum Gasteiger partial charge on any atom is 0.340 e. The van der Waals surface area contributed by atoms with E-state index >= 15 is 0 Å². The van der Waals surface area contributed by atoms with Crippen molar-refractivity contribution in [1.82, 2.24) is 4.98 Å². The average molecular weight is 362 g/mol. The Labute approximate surface area is 141 Å². The third-order valence-corrected chi connectivity index (χ3v) is 5.20. The summed E-state index contributed by atoms with van der Waals surface area (Å²) in [5.41, 5.74) is 0.191. The Morgan fingerprint density at radius 1 is 1.17 bits per heavy atom. The number of thiophene rings is 1. The van der Waals surface area contributed by atoms with Crippen molar-refractivity contribution in [1.29, 1.82) is 0 Å². The molecule has 0 atom stereocenters. The number of hydrogen-bond acceptors (Lipinski definition) is 7. The van der Waals surface area contributed by atoms with Gasteiger partial charge in [0.15, 0.2) is 5.75 Å². The molecule has 0 N–H and O–H groups in total. The molecule has 3 aromatic rings. The number of benzene rings is 1. The van der Waals surface area contributed by atoms with Crippen LogP contribution in [-0.4, -0.2) is 18.3 Å². The maximum atomic E-state index is 12.3. The molecule has 0 unspecified atom stereocenters. The normalized spacial score (nSPS) is 11.2. The minimum Gasteiger partial charge on any atom is -0.378 e.